The van der Waals surface area contributed by atoms with E-state index in [1.165, 1.54) is 32.1 Å². The molecule has 0 saturated carbocycles. The van der Waals surface area contributed by atoms with Crippen LogP contribution in [0.4, 0.5) is 11.8 Å². The molecule has 1 aromatic heterocycles. The molecule has 0 bridgehead atoms. The molecule has 1 amide bonds. The summed E-state index contributed by atoms with van der Waals surface area (Å²) in [7, 11) is 0. The Labute approximate surface area is 196 Å². The van der Waals surface area contributed by atoms with Crippen molar-refractivity contribution in [2.45, 2.75) is 52.0 Å². The Morgan fingerprint density at radius 1 is 0.970 bits per heavy atom. The first-order valence-electron chi connectivity index (χ1n) is 12.5. The fourth-order valence-corrected chi connectivity index (χ4v) is 5.07. The average Bonchev–Trinajstić information content (AvgIpc) is 2.88. The molecule has 0 unspecified atom stereocenters. The molecule has 2 aromatic rings. The number of hydrogen-bond acceptors (Lipinski definition) is 6. The number of rotatable bonds is 5. The van der Waals surface area contributed by atoms with Crippen LogP contribution in [0.2, 0.25) is 0 Å². The fourth-order valence-electron chi connectivity index (χ4n) is 5.07. The summed E-state index contributed by atoms with van der Waals surface area (Å²) in [5, 5.41) is 0. The van der Waals surface area contributed by atoms with Crippen LogP contribution in [0.25, 0.3) is 0 Å². The molecule has 7 nitrogen and oxygen atoms in total. The van der Waals surface area contributed by atoms with Crippen molar-refractivity contribution in [1.82, 2.24) is 14.9 Å². The Bertz CT molecular complexity index is 953. The van der Waals surface area contributed by atoms with Crippen molar-refractivity contribution < 1.29 is 9.53 Å². The number of anilines is 2. The van der Waals surface area contributed by atoms with Crippen LogP contribution in [-0.2, 0) is 17.8 Å². The van der Waals surface area contributed by atoms with E-state index in [4.69, 9.17) is 14.7 Å². The van der Waals surface area contributed by atoms with Gasteiger partial charge in [-0.25, -0.2) is 4.98 Å². The minimum atomic E-state index is 0.0165. The van der Waals surface area contributed by atoms with Gasteiger partial charge in [-0.2, -0.15) is 4.98 Å². The molecule has 0 N–H and O–H groups in total. The Hall–Kier alpha value is -2.83. The van der Waals surface area contributed by atoms with Crippen LogP contribution in [0.3, 0.4) is 0 Å². The third kappa shape index (κ3) is 5.07. The highest BCUT2D eigenvalue weighted by molar-refractivity contribution is 5.78. The Kier molecular flexibility index (Phi) is 6.65. The summed E-state index contributed by atoms with van der Waals surface area (Å²) in [4.78, 5) is 29.8. The lowest BCUT2D eigenvalue weighted by Crippen LogP contribution is -2.42. The first-order chi connectivity index (χ1) is 16.2. The van der Waals surface area contributed by atoms with Crippen molar-refractivity contribution in [1.29, 1.82) is 0 Å². The molecule has 5 rings (SSSR count). The third-order valence-electron chi connectivity index (χ3n) is 7.21. The molecule has 3 aliphatic heterocycles. The zero-order valence-electron chi connectivity index (χ0n) is 19.7. The van der Waals surface area contributed by atoms with Gasteiger partial charge < -0.3 is 19.4 Å². The molecule has 0 radical (unpaired) electrons. The topological polar surface area (TPSA) is 61.8 Å². The van der Waals surface area contributed by atoms with Gasteiger partial charge in [-0.15, -0.1) is 0 Å². The number of hydrogen-bond donors (Lipinski definition) is 0. The maximum absolute atomic E-state index is 13.0. The first-order valence-corrected chi connectivity index (χ1v) is 12.5. The lowest BCUT2D eigenvalue weighted by Gasteiger charge is -2.37. The minimum absolute atomic E-state index is 0.0165. The third-order valence-corrected chi connectivity index (χ3v) is 7.21. The highest BCUT2D eigenvalue weighted by Crippen LogP contribution is 2.32. The number of amides is 1. The van der Waals surface area contributed by atoms with E-state index in [-0.39, 0.29) is 12.5 Å². The smallest absolute Gasteiger partial charge is 0.260 e. The van der Waals surface area contributed by atoms with Gasteiger partial charge in [0.2, 0.25) is 5.95 Å². The minimum Gasteiger partial charge on any atom is -0.484 e. The molecule has 176 valence electrons. The molecule has 33 heavy (non-hydrogen) atoms. The van der Waals surface area contributed by atoms with E-state index in [2.05, 4.69) is 16.7 Å². The van der Waals surface area contributed by atoms with Crippen molar-refractivity contribution in [2.75, 3.05) is 49.1 Å². The molecule has 0 aliphatic carbocycles. The molecule has 7 heteroatoms. The van der Waals surface area contributed by atoms with Gasteiger partial charge in [0.05, 0.1) is 12.2 Å². The van der Waals surface area contributed by atoms with Crippen LogP contribution in [0, 0.1) is 5.92 Å². The van der Waals surface area contributed by atoms with E-state index in [1.807, 2.05) is 35.2 Å². The summed E-state index contributed by atoms with van der Waals surface area (Å²) in [6.07, 6.45) is 6.85. The normalized spacial score (nSPS) is 19.4. The SMILES string of the molecule is CC1CCN(c2nc(N3CCCCC3)nc3c2CN(C(=O)COc2ccccc2)CC3)CC1. The molecule has 0 atom stereocenters. The average molecular weight is 450 g/mol. The Morgan fingerprint density at radius 3 is 2.48 bits per heavy atom. The van der Waals surface area contributed by atoms with E-state index in [9.17, 15) is 4.79 Å². The number of fused-ring (bicyclic) bond motifs is 1. The summed E-state index contributed by atoms with van der Waals surface area (Å²) < 4.78 is 5.73. The maximum Gasteiger partial charge on any atom is 0.260 e. The zero-order chi connectivity index (χ0) is 22.6. The van der Waals surface area contributed by atoms with Crippen LogP contribution in [0.1, 0.15) is 50.3 Å². The molecule has 2 fully saturated rings. The summed E-state index contributed by atoms with van der Waals surface area (Å²) in [5.41, 5.74) is 2.25. The molecule has 0 spiro atoms. The van der Waals surface area contributed by atoms with Crippen LogP contribution >= 0.6 is 0 Å². The Balaban J connectivity index is 1.36. The van der Waals surface area contributed by atoms with Gasteiger partial charge in [0.25, 0.3) is 5.91 Å². The first kappa shape index (κ1) is 22.0. The van der Waals surface area contributed by atoms with E-state index in [0.29, 0.717) is 13.1 Å². The number of nitrogens with zero attached hydrogens (tertiary/aromatic N) is 5. The quantitative estimate of drug-likeness (QED) is 0.694. The lowest BCUT2D eigenvalue weighted by molar-refractivity contribution is -0.134. The largest absolute Gasteiger partial charge is 0.484 e. The maximum atomic E-state index is 13.0. The number of piperidine rings is 2. The number of carbonyl (C=O) groups is 1. The Morgan fingerprint density at radius 2 is 1.73 bits per heavy atom. The van der Waals surface area contributed by atoms with Crippen LogP contribution in [0.15, 0.2) is 30.3 Å². The number of ether oxygens (including phenoxy) is 1. The molecular formula is C26H35N5O2. The standard InChI is InChI=1S/C26H35N5O2/c1-20-10-15-29(16-11-20)25-22-18-31(24(32)19-33-21-8-4-2-5-9-21)17-12-23(22)27-26(28-25)30-13-6-3-7-14-30/h2,4-5,8-9,20H,3,6-7,10-19H2,1H3. The van der Waals surface area contributed by atoms with E-state index >= 15 is 0 Å². The molecule has 1 aromatic carbocycles. The van der Waals surface area contributed by atoms with Gasteiger partial charge in [0.15, 0.2) is 6.61 Å². The summed E-state index contributed by atoms with van der Waals surface area (Å²) in [6, 6.07) is 9.53. The molecular weight excluding hydrogens is 414 g/mol. The number of carbonyl (C=O) groups excluding carboxylic acids is 1. The number of benzene rings is 1. The van der Waals surface area contributed by atoms with E-state index in [0.717, 1.165) is 67.3 Å². The van der Waals surface area contributed by atoms with Gasteiger partial charge >= 0.3 is 0 Å². The number of para-hydroxylation sites is 1. The second-order valence-electron chi connectivity index (χ2n) is 9.66. The van der Waals surface area contributed by atoms with Crippen molar-refractivity contribution in [3.63, 3.8) is 0 Å². The second kappa shape index (κ2) is 9.98. The molecule has 3 aliphatic rings. The fraction of sp³-hybridized carbons (Fsp3) is 0.577. The van der Waals surface area contributed by atoms with Crippen molar-refractivity contribution in [2.24, 2.45) is 5.92 Å². The van der Waals surface area contributed by atoms with Gasteiger partial charge in [-0.05, 0) is 50.2 Å². The summed E-state index contributed by atoms with van der Waals surface area (Å²) in [6.45, 7) is 7.75. The summed E-state index contributed by atoms with van der Waals surface area (Å²) in [5.74, 6) is 3.43. The predicted molar refractivity (Wildman–Crippen MR) is 130 cm³/mol. The van der Waals surface area contributed by atoms with Gasteiger partial charge in [-0.3, -0.25) is 4.79 Å². The van der Waals surface area contributed by atoms with Crippen molar-refractivity contribution >= 4 is 17.7 Å². The van der Waals surface area contributed by atoms with Crippen LogP contribution in [-0.4, -0.2) is 60.1 Å². The summed E-state index contributed by atoms with van der Waals surface area (Å²) >= 11 is 0. The second-order valence-corrected chi connectivity index (χ2v) is 9.66. The van der Waals surface area contributed by atoms with E-state index in [1.54, 1.807) is 0 Å². The predicted octanol–water partition coefficient (Wildman–Crippen LogP) is 3.67. The van der Waals surface area contributed by atoms with Crippen molar-refractivity contribution in [3.05, 3.63) is 41.6 Å². The van der Waals surface area contributed by atoms with Gasteiger partial charge in [0, 0.05) is 44.7 Å². The van der Waals surface area contributed by atoms with Gasteiger partial charge in [-0.1, -0.05) is 25.1 Å². The monoisotopic (exact) mass is 449 g/mol. The lowest BCUT2D eigenvalue weighted by atomic mass is 9.98. The van der Waals surface area contributed by atoms with Crippen LogP contribution < -0.4 is 14.5 Å². The van der Waals surface area contributed by atoms with Crippen molar-refractivity contribution in [3.8, 4) is 5.75 Å². The highest BCUT2D eigenvalue weighted by atomic mass is 16.5. The van der Waals surface area contributed by atoms with Gasteiger partial charge in [0.1, 0.15) is 11.6 Å². The van der Waals surface area contributed by atoms with E-state index < -0.39 is 0 Å². The highest BCUT2D eigenvalue weighted by Gasteiger charge is 2.30. The molecule has 2 saturated heterocycles. The zero-order valence-corrected chi connectivity index (χ0v) is 19.7. The molecule has 4 heterocycles. The van der Waals surface area contributed by atoms with Crippen LogP contribution in [0.5, 0.6) is 5.75 Å². The number of aromatic nitrogens is 2.